The zero-order chi connectivity index (χ0) is 15.2. The fourth-order valence-electron chi connectivity index (χ4n) is 2.11. The Morgan fingerprint density at radius 2 is 1.67 bits per heavy atom. The molecule has 0 aliphatic heterocycles. The molecule has 0 spiro atoms. The Morgan fingerprint density at radius 1 is 1.05 bits per heavy atom. The molecule has 110 valence electrons. The molecule has 0 aliphatic rings. The summed E-state index contributed by atoms with van der Waals surface area (Å²) in [5.41, 5.74) is 0.639. The van der Waals surface area contributed by atoms with Crippen LogP contribution in [0, 0.1) is 11.6 Å². The minimum atomic E-state index is -0.845. The van der Waals surface area contributed by atoms with Crippen molar-refractivity contribution in [2.24, 2.45) is 0 Å². The number of hydrogen-bond acceptors (Lipinski definition) is 1. The van der Waals surface area contributed by atoms with Crippen molar-refractivity contribution in [3.63, 3.8) is 0 Å². The number of nitrogens with one attached hydrogen (secondary N) is 1. The van der Waals surface area contributed by atoms with E-state index in [4.69, 9.17) is 0 Å². The molecule has 0 bridgehead atoms. The molecule has 1 N–H and O–H groups in total. The van der Waals surface area contributed by atoms with Gasteiger partial charge < -0.3 is 5.32 Å². The maximum absolute atomic E-state index is 13.5. The molecule has 4 heteroatoms. The molecule has 0 saturated carbocycles. The van der Waals surface area contributed by atoms with Gasteiger partial charge in [-0.15, -0.1) is 0 Å². The van der Waals surface area contributed by atoms with Crippen LogP contribution in [0.5, 0.6) is 0 Å². The van der Waals surface area contributed by atoms with Crippen LogP contribution >= 0.6 is 0 Å². The molecule has 1 amide bonds. The topological polar surface area (TPSA) is 29.1 Å². The molecule has 2 aromatic rings. The van der Waals surface area contributed by atoms with E-state index in [0.29, 0.717) is 6.42 Å². The Bertz CT molecular complexity index is 593. The zero-order valence-corrected chi connectivity index (χ0v) is 11.8. The van der Waals surface area contributed by atoms with Gasteiger partial charge in [-0.2, -0.15) is 0 Å². The first-order valence-corrected chi connectivity index (χ1v) is 6.86. The minimum absolute atomic E-state index is 0.170. The van der Waals surface area contributed by atoms with Gasteiger partial charge in [-0.3, -0.25) is 4.79 Å². The zero-order valence-electron chi connectivity index (χ0n) is 11.8. The molecule has 2 nitrogen and oxygen atoms in total. The molecule has 0 fully saturated rings. The highest BCUT2D eigenvalue weighted by Gasteiger charge is 2.18. The van der Waals surface area contributed by atoms with Crippen LogP contribution in [0.25, 0.3) is 0 Å². The van der Waals surface area contributed by atoms with Crippen LogP contribution < -0.4 is 5.32 Å². The summed E-state index contributed by atoms with van der Waals surface area (Å²) in [5, 5.41) is 2.63. The van der Waals surface area contributed by atoms with Gasteiger partial charge in [0.15, 0.2) is 0 Å². The molecule has 0 heterocycles. The number of benzene rings is 2. The SMILES string of the molecule is C[C@H](CCc1ccccc1)NC(=O)c1c(F)cccc1F. The van der Waals surface area contributed by atoms with Crippen LogP contribution in [0.4, 0.5) is 8.78 Å². The predicted octanol–water partition coefficient (Wildman–Crippen LogP) is 3.72. The quantitative estimate of drug-likeness (QED) is 0.893. The lowest BCUT2D eigenvalue weighted by Gasteiger charge is -2.14. The summed E-state index contributed by atoms with van der Waals surface area (Å²) in [7, 11) is 0. The molecule has 2 aromatic carbocycles. The Morgan fingerprint density at radius 3 is 2.29 bits per heavy atom. The van der Waals surface area contributed by atoms with E-state index >= 15 is 0 Å². The van der Waals surface area contributed by atoms with E-state index < -0.39 is 23.1 Å². The lowest BCUT2D eigenvalue weighted by Crippen LogP contribution is -2.34. The third-order valence-corrected chi connectivity index (χ3v) is 3.28. The molecule has 0 saturated heterocycles. The monoisotopic (exact) mass is 289 g/mol. The van der Waals surface area contributed by atoms with Crippen molar-refractivity contribution < 1.29 is 13.6 Å². The summed E-state index contributed by atoms with van der Waals surface area (Å²) in [6.07, 6.45) is 1.49. The average molecular weight is 289 g/mol. The van der Waals surface area contributed by atoms with Gasteiger partial charge in [0.05, 0.1) is 0 Å². The van der Waals surface area contributed by atoms with Gasteiger partial charge >= 0.3 is 0 Å². The lowest BCUT2D eigenvalue weighted by atomic mass is 10.1. The Balaban J connectivity index is 1.93. The van der Waals surface area contributed by atoms with E-state index in [1.807, 2.05) is 37.3 Å². The molecule has 0 aliphatic carbocycles. The third-order valence-electron chi connectivity index (χ3n) is 3.28. The van der Waals surface area contributed by atoms with Crippen molar-refractivity contribution in [3.05, 3.63) is 71.3 Å². The second kappa shape index (κ2) is 6.97. The smallest absolute Gasteiger partial charge is 0.257 e. The van der Waals surface area contributed by atoms with Crippen LogP contribution in [0.1, 0.15) is 29.3 Å². The Hall–Kier alpha value is -2.23. The number of rotatable bonds is 5. The molecule has 21 heavy (non-hydrogen) atoms. The van der Waals surface area contributed by atoms with Gasteiger partial charge in [-0.1, -0.05) is 36.4 Å². The maximum atomic E-state index is 13.5. The van der Waals surface area contributed by atoms with Gasteiger partial charge in [0.2, 0.25) is 0 Å². The Labute approximate surface area is 122 Å². The first-order chi connectivity index (χ1) is 10.1. The normalized spacial score (nSPS) is 12.0. The average Bonchev–Trinajstić information content (AvgIpc) is 2.46. The van der Waals surface area contributed by atoms with Gasteiger partial charge in [-0.25, -0.2) is 8.78 Å². The highest BCUT2D eigenvalue weighted by Crippen LogP contribution is 2.12. The van der Waals surface area contributed by atoms with Crippen molar-refractivity contribution in [3.8, 4) is 0 Å². The van der Waals surface area contributed by atoms with Crippen molar-refractivity contribution in [1.29, 1.82) is 0 Å². The fourth-order valence-corrected chi connectivity index (χ4v) is 2.11. The fraction of sp³-hybridized carbons (Fsp3) is 0.235. The van der Waals surface area contributed by atoms with Crippen molar-refractivity contribution >= 4 is 5.91 Å². The van der Waals surface area contributed by atoms with E-state index in [9.17, 15) is 13.6 Å². The standard InChI is InChI=1S/C17H17F2NO/c1-12(10-11-13-6-3-2-4-7-13)20-17(21)16-14(18)8-5-9-15(16)19/h2-9,12H,10-11H2,1H3,(H,20,21)/t12-/m1/s1. The summed E-state index contributed by atoms with van der Waals surface area (Å²) in [4.78, 5) is 11.9. The second-order valence-electron chi connectivity index (χ2n) is 5.00. The summed E-state index contributed by atoms with van der Waals surface area (Å²) in [6.45, 7) is 1.82. The van der Waals surface area contributed by atoms with E-state index in [1.54, 1.807) is 0 Å². The van der Waals surface area contributed by atoms with Crippen LogP contribution in [-0.2, 0) is 6.42 Å². The molecule has 2 rings (SSSR count). The van der Waals surface area contributed by atoms with Crippen molar-refractivity contribution in [2.45, 2.75) is 25.8 Å². The maximum Gasteiger partial charge on any atom is 0.257 e. The molecular weight excluding hydrogens is 272 g/mol. The summed E-state index contributed by atoms with van der Waals surface area (Å²) < 4.78 is 27.0. The number of amides is 1. The van der Waals surface area contributed by atoms with Crippen LogP contribution in [-0.4, -0.2) is 11.9 Å². The van der Waals surface area contributed by atoms with E-state index in [0.717, 1.165) is 24.1 Å². The van der Waals surface area contributed by atoms with E-state index in [-0.39, 0.29) is 6.04 Å². The lowest BCUT2D eigenvalue weighted by molar-refractivity contribution is 0.0930. The van der Waals surface area contributed by atoms with E-state index in [2.05, 4.69) is 5.32 Å². The second-order valence-corrected chi connectivity index (χ2v) is 5.00. The molecule has 0 aromatic heterocycles. The van der Waals surface area contributed by atoms with Crippen LogP contribution in [0.15, 0.2) is 48.5 Å². The summed E-state index contributed by atoms with van der Waals surface area (Å²) in [5.74, 6) is -2.41. The summed E-state index contributed by atoms with van der Waals surface area (Å²) >= 11 is 0. The van der Waals surface area contributed by atoms with Gasteiger partial charge in [0, 0.05) is 6.04 Å². The van der Waals surface area contributed by atoms with Crippen LogP contribution in [0.2, 0.25) is 0 Å². The largest absolute Gasteiger partial charge is 0.349 e. The minimum Gasteiger partial charge on any atom is -0.349 e. The first kappa shape index (κ1) is 15.2. The molecule has 1 atom stereocenters. The van der Waals surface area contributed by atoms with Gasteiger partial charge in [-0.05, 0) is 37.5 Å². The van der Waals surface area contributed by atoms with Gasteiger partial charge in [0.1, 0.15) is 17.2 Å². The number of carbonyl (C=O) groups excluding carboxylic acids is 1. The number of aryl methyl sites for hydroxylation is 1. The number of carbonyl (C=O) groups is 1. The highest BCUT2D eigenvalue weighted by molar-refractivity contribution is 5.94. The number of halogens is 2. The van der Waals surface area contributed by atoms with Crippen molar-refractivity contribution in [2.75, 3.05) is 0 Å². The third kappa shape index (κ3) is 4.12. The highest BCUT2D eigenvalue weighted by atomic mass is 19.1. The first-order valence-electron chi connectivity index (χ1n) is 6.86. The Kier molecular flexibility index (Phi) is 5.04. The molecule has 0 radical (unpaired) electrons. The molecular formula is C17H17F2NO. The van der Waals surface area contributed by atoms with Crippen molar-refractivity contribution in [1.82, 2.24) is 5.32 Å². The predicted molar refractivity (Wildman–Crippen MR) is 78.0 cm³/mol. The number of hydrogen-bond donors (Lipinski definition) is 1. The van der Waals surface area contributed by atoms with E-state index in [1.165, 1.54) is 6.07 Å². The van der Waals surface area contributed by atoms with Crippen LogP contribution in [0.3, 0.4) is 0 Å². The summed E-state index contributed by atoms with van der Waals surface area (Å²) in [6, 6.07) is 13.1. The van der Waals surface area contributed by atoms with Gasteiger partial charge in [0.25, 0.3) is 5.91 Å². The molecule has 0 unspecified atom stereocenters.